The van der Waals surface area contributed by atoms with Crippen LogP contribution in [0.1, 0.15) is 0 Å². The number of halogens is 1. The maximum absolute atomic E-state index is 13.5. The van der Waals surface area contributed by atoms with E-state index in [-0.39, 0.29) is 11.7 Å². The van der Waals surface area contributed by atoms with Gasteiger partial charge in [-0.3, -0.25) is 9.69 Å². The summed E-state index contributed by atoms with van der Waals surface area (Å²) in [5.41, 5.74) is 2.54. The lowest BCUT2D eigenvalue weighted by molar-refractivity contribution is -0.115. The Bertz CT molecular complexity index is 1520. The number of hydrogen-bond donors (Lipinski definition) is 0. The van der Waals surface area contributed by atoms with Gasteiger partial charge in [-0.25, -0.2) is 4.98 Å². The highest BCUT2D eigenvalue weighted by Crippen LogP contribution is 2.49. The number of furan rings is 2. The Morgan fingerprint density at radius 3 is 2.40 bits per heavy atom. The third-order valence-corrected chi connectivity index (χ3v) is 7.43. The molecule has 0 aliphatic carbocycles. The van der Waals surface area contributed by atoms with Crippen molar-refractivity contribution in [2.24, 2.45) is 0 Å². The molecule has 0 radical (unpaired) electrons. The van der Waals surface area contributed by atoms with Crippen LogP contribution in [-0.4, -0.2) is 26.8 Å². The van der Waals surface area contributed by atoms with Crippen LogP contribution in [0, 0.1) is 0 Å². The number of amides is 1. The van der Waals surface area contributed by atoms with Gasteiger partial charge in [0.05, 0.1) is 29.7 Å². The van der Waals surface area contributed by atoms with E-state index in [0.717, 1.165) is 21.2 Å². The number of nitrogens with zero attached hydrogens (tertiary/aromatic N) is 4. The topological polar surface area (TPSA) is 85.3 Å². The van der Waals surface area contributed by atoms with E-state index in [1.54, 1.807) is 53.5 Å². The number of carbonyl (C=O) groups excluding carboxylic acids is 1. The molecule has 5 aromatic rings. The van der Waals surface area contributed by atoms with Gasteiger partial charge in [-0.1, -0.05) is 47.3 Å². The zero-order valence-corrected chi connectivity index (χ0v) is 20.3. The molecule has 1 aliphatic heterocycles. The van der Waals surface area contributed by atoms with Crippen molar-refractivity contribution in [3.63, 3.8) is 0 Å². The van der Waals surface area contributed by atoms with Gasteiger partial charge in [0.2, 0.25) is 11.1 Å². The van der Waals surface area contributed by atoms with E-state index in [1.165, 1.54) is 11.8 Å². The van der Waals surface area contributed by atoms with Crippen LogP contribution in [0.4, 0.5) is 11.4 Å². The molecule has 7 nitrogen and oxygen atoms in total. The number of benzene rings is 2. The second-order valence-electron chi connectivity index (χ2n) is 7.45. The first-order valence-electron chi connectivity index (χ1n) is 10.5. The summed E-state index contributed by atoms with van der Waals surface area (Å²) >= 11 is 9.09. The second kappa shape index (κ2) is 9.26. The molecule has 35 heavy (non-hydrogen) atoms. The number of carbonyl (C=O) groups is 1. The highest BCUT2D eigenvalue weighted by molar-refractivity contribution is 8.00. The summed E-state index contributed by atoms with van der Waals surface area (Å²) < 4.78 is 11.0. The Hall–Kier alpha value is -3.53. The molecule has 3 aromatic heterocycles. The number of thioether (sulfide) groups is 1. The molecule has 172 valence electrons. The van der Waals surface area contributed by atoms with Crippen LogP contribution in [0.5, 0.6) is 0 Å². The molecule has 1 amide bonds. The van der Waals surface area contributed by atoms with E-state index in [4.69, 9.17) is 20.4 Å². The predicted molar refractivity (Wildman–Crippen MR) is 135 cm³/mol. The predicted octanol–water partition coefficient (Wildman–Crippen LogP) is 6.97. The highest BCUT2D eigenvalue weighted by Gasteiger charge is 2.29. The van der Waals surface area contributed by atoms with Gasteiger partial charge in [0, 0.05) is 14.8 Å². The number of aromatic nitrogens is 3. The summed E-state index contributed by atoms with van der Waals surface area (Å²) in [5, 5.41) is 9.47. The normalized spacial score (nSPS) is 12.3. The molecule has 10 heteroatoms. The lowest BCUT2D eigenvalue weighted by Crippen LogP contribution is -2.30. The summed E-state index contributed by atoms with van der Waals surface area (Å²) in [4.78, 5) is 21.8. The van der Waals surface area contributed by atoms with Gasteiger partial charge in [0.15, 0.2) is 17.2 Å². The van der Waals surface area contributed by atoms with Crippen LogP contribution >= 0.6 is 35.1 Å². The number of anilines is 2. The molecule has 0 bridgehead atoms. The van der Waals surface area contributed by atoms with E-state index >= 15 is 0 Å². The Balaban J connectivity index is 1.31. The molecule has 0 atom stereocenters. The van der Waals surface area contributed by atoms with Crippen LogP contribution < -0.4 is 4.90 Å². The second-order valence-corrected chi connectivity index (χ2v) is 9.91. The minimum Gasteiger partial charge on any atom is -0.463 e. The minimum atomic E-state index is -0.121. The first kappa shape index (κ1) is 22.0. The minimum absolute atomic E-state index is 0.102. The number of fused-ring (bicyclic) bond motifs is 2. The molecule has 0 saturated carbocycles. The zero-order valence-electron chi connectivity index (χ0n) is 17.9. The SMILES string of the molecule is O=C(CSc1nnc(-c2ccco2)c(-c2ccco2)n1)N1c2ccccc2Sc2ccc(Cl)cc21. The zero-order chi connectivity index (χ0) is 23.8. The van der Waals surface area contributed by atoms with E-state index in [0.29, 0.717) is 33.1 Å². The molecular formula is C25H15ClN4O3S2. The van der Waals surface area contributed by atoms with Crippen molar-refractivity contribution in [3.05, 3.63) is 84.3 Å². The summed E-state index contributed by atoms with van der Waals surface area (Å²) in [6, 6.07) is 20.5. The lowest BCUT2D eigenvalue weighted by atomic mass is 10.2. The third-order valence-electron chi connectivity index (χ3n) is 5.24. The van der Waals surface area contributed by atoms with Crippen molar-refractivity contribution in [2.75, 3.05) is 10.7 Å². The molecule has 4 heterocycles. The molecule has 1 aliphatic rings. The fourth-order valence-electron chi connectivity index (χ4n) is 3.72. The quantitative estimate of drug-likeness (QED) is 0.231. The standard InChI is InChI=1S/C25H15ClN4O3S2/c26-15-9-10-21-17(13-15)30(16-5-1-2-8-20(16)35-21)22(31)14-34-25-27-23(18-6-3-11-32-18)24(28-29-25)19-7-4-12-33-19/h1-13H,14H2. The Morgan fingerprint density at radius 2 is 1.63 bits per heavy atom. The summed E-state index contributed by atoms with van der Waals surface area (Å²) in [7, 11) is 0. The number of rotatable bonds is 5. The van der Waals surface area contributed by atoms with Crippen LogP contribution in [0.3, 0.4) is 0 Å². The smallest absolute Gasteiger partial charge is 0.242 e. The fourth-order valence-corrected chi connectivity index (χ4v) is 5.56. The first-order valence-corrected chi connectivity index (χ1v) is 12.7. The molecular weight excluding hydrogens is 504 g/mol. The fraction of sp³-hybridized carbons (Fsp3) is 0.0400. The summed E-state index contributed by atoms with van der Waals surface area (Å²) in [6.45, 7) is 0. The van der Waals surface area contributed by atoms with E-state index in [1.807, 2.05) is 42.5 Å². The van der Waals surface area contributed by atoms with Crippen molar-refractivity contribution in [1.82, 2.24) is 15.2 Å². The van der Waals surface area contributed by atoms with Crippen molar-refractivity contribution in [3.8, 4) is 22.9 Å². The number of para-hydroxylation sites is 1. The molecule has 0 unspecified atom stereocenters. The van der Waals surface area contributed by atoms with Crippen LogP contribution in [0.2, 0.25) is 5.02 Å². The van der Waals surface area contributed by atoms with E-state index in [2.05, 4.69) is 15.2 Å². The van der Waals surface area contributed by atoms with Crippen LogP contribution in [0.25, 0.3) is 22.9 Å². The Labute approximate surface area is 213 Å². The molecule has 0 spiro atoms. The van der Waals surface area contributed by atoms with Crippen molar-refractivity contribution in [2.45, 2.75) is 14.9 Å². The Morgan fingerprint density at radius 1 is 0.886 bits per heavy atom. The molecule has 6 rings (SSSR count). The Kier molecular flexibility index (Phi) is 5.81. The maximum atomic E-state index is 13.5. The van der Waals surface area contributed by atoms with Gasteiger partial charge in [-0.2, -0.15) is 0 Å². The van der Waals surface area contributed by atoms with Gasteiger partial charge in [-0.15, -0.1) is 10.2 Å². The van der Waals surface area contributed by atoms with Gasteiger partial charge >= 0.3 is 0 Å². The van der Waals surface area contributed by atoms with Gasteiger partial charge in [-0.05, 0) is 54.6 Å². The lowest BCUT2D eigenvalue weighted by Gasteiger charge is -2.31. The third kappa shape index (κ3) is 4.22. The highest BCUT2D eigenvalue weighted by atomic mass is 35.5. The average molecular weight is 519 g/mol. The monoisotopic (exact) mass is 518 g/mol. The van der Waals surface area contributed by atoms with Gasteiger partial charge in [0.1, 0.15) is 5.69 Å². The molecule has 0 saturated heterocycles. The number of hydrogen-bond acceptors (Lipinski definition) is 8. The van der Waals surface area contributed by atoms with Crippen LogP contribution in [0.15, 0.2) is 103 Å². The maximum Gasteiger partial charge on any atom is 0.242 e. The van der Waals surface area contributed by atoms with Gasteiger partial charge in [0.25, 0.3) is 0 Å². The van der Waals surface area contributed by atoms with Gasteiger partial charge < -0.3 is 8.83 Å². The van der Waals surface area contributed by atoms with Crippen molar-refractivity contribution < 1.29 is 13.6 Å². The van der Waals surface area contributed by atoms with Crippen molar-refractivity contribution >= 4 is 52.4 Å². The largest absolute Gasteiger partial charge is 0.463 e. The molecule has 0 fully saturated rings. The first-order chi connectivity index (χ1) is 17.2. The van der Waals surface area contributed by atoms with Crippen LogP contribution in [-0.2, 0) is 4.79 Å². The average Bonchev–Trinajstić information content (AvgIpc) is 3.61. The van der Waals surface area contributed by atoms with Crippen molar-refractivity contribution in [1.29, 1.82) is 0 Å². The van der Waals surface area contributed by atoms with E-state index < -0.39 is 0 Å². The summed E-state index contributed by atoms with van der Waals surface area (Å²) in [6.07, 6.45) is 3.12. The van der Waals surface area contributed by atoms with E-state index in [9.17, 15) is 4.79 Å². The molecule has 2 aromatic carbocycles. The molecule has 0 N–H and O–H groups in total. The summed E-state index contributed by atoms with van der Waals surface area (Å²) in [5.74, 6) is 1.04.